The molecule has 0 saturated carbocycles. The summed E-state index contributed by atoms with van der Waals surface area (Å²) in [5.74, 6) is 1.27. The first-order chi connectivity index (χ1) is 11.2. The van der Waals surface area contributed by atoms with Crippen molar-refractivity contribution in [2.45, 2.75) is 19.8 Å². The van der Waals surface area contributed by atoms with E-state index >= 15 is 0 Å². The zero-order valence-electron chi connectivity index (χ0n) is 12.5. The maximum Gasteiger partial charge on any atom is 0.228 e. The summed E-state index contributed by atoms with van der Waals surface area (Å²) in [6.45, 7) is 2.20. The van der Waals surface area contributed by atoms with E-state index in [-0.39, 0.29) is 12.3 Å². The number of amides is 1. The van der Waals surface area contributed by atoms with Crippen LogP contribution in [0.1, 0.15) is 17.3 Å². The van der Waals surface area contributed by atoms with Crippen LogP contribution < -0.4 is 5.32 Å². The molecule has 118 valence electrons. The quantitative estimate of drug-likeness (QED) is 0.731. The van der Waals surface area contributed by atoms with Crippen LogP contribution in [0, 0.1) is 6.92 Å². The molecule has 0 bridgehead atoms. The zero-order chi connectivity index (χ0) is 16.1. The van der Waals surface area contributed by atoms with Crippen molar-refractivity contribution in [3.8, 4) is 11.5 Å². The second-order valence-corrected chi connectivity index (χ2v) is 4.94. The van der Waals surface area contributed by atoms with Gasteiger partial charge in [0.15, 0.2) is 0 Å². The minimum Gasteiger partial charge on any atom is -0.361 e. The SMILES string of the molecule is Cc1cc(CC(=O)NCCc2nc(-c3ccccn3)no2)on1. The van der Waals surface area contributed by atoms with Gasteiger partial charge >= 0.3 is 0 Å². The molecule has 3 aromatic rings. The minimum atomic E-state index is -0.148. The second-order valence-electron chi connectivity index (χ2n) is 4.94. The molecule has 3 aromatic heterocycles. The van der Waals surface area contributed by atoms with Crippen molar-refractivity contribution < 1.29 is 13.8 Å². The molecule has 1 amide bonds. The van der Waals surface area contributed by atoms with Gasteiger partial charge in [-0.3, -0.25) is 9.78 Å². The van der Waals surface area contributed by atoms with Crippen molar-refractivity contribution in [3.05, 3.63) is 47.8 Å². The Morgan fingerprint density at radius 2 is 2.17 bits per heavy atom. The summed E-state index contributed by atoms with van der Waals surface area (Å²) in [6.07, 6.45) is 2.27. The summed E-state index contributed by atoms with van der Waals surface area (Å²) in [6, 6.07) is 7.20. The summed E-state index contributed by atoms with van der Waals surface area (Å²) in [5, 5.41) is 10.4. The molecule has 8 nitrogen and oxygen atoms in total. The Kier molecular flexibility index (Phi) is 4.41. The molecule has 3 rings (SSSR count). The smallest absolute Gasteiger partial charge is 0.228 e. The third-order valence-corrected chi connectivity index (χ3v) is 3.03. The third kappa shape index (κ3) is 4.00. The van der Waals surface area contributed by atoms with Gasteiger partial charge in [-0.1, -0.05) is 16.4 Å². The zero-order valence-corrected chi connectivity index (χ0v) is 12.5. The lowest BCUT2D eigenvalue weighted by molar-refractivity contribution is -0.120. The number of nitrogens with zero attached hydrogens (tertiary/aromatic N) is 4. The van der Waals surface area contributed by atoms with Gasteiger partial charge in [0.2, 0.25) is 17.6 Å². The predicted molar refractivity (Wildman–Crippen MR) is 79.2 cm³/mol. The normalized spacial score (nSPS) is 10.7. The number of nitrogens with one attached hydrogen (secondary N) is 1. The molecule has 0 radical (unpaired) electrons. The van der Waals surface area contributed by atoms with Gasteiger partial charge < -0.3 is 14.4 Å². The number of rotatable bonds is 6. The number of aryl methyl sites for hydroxylation is 1. The summed E-state index contributed by atoms with van der Waals surface area (Å²) < 4.78 is 10.1. The van der Waals surface area contributed by atoms with E-state index in [9.17, 15) is 4.79 Å². The second kappa shape index (κ2) is 6.82. The Labute approximate surface area is 131 Å². The van der Waals surface area contributed by atoms with Gasteiger partial charge in [0, 0.05) is 25.2 Å². The topological polar surface area (TPSA) is 107 Å². The number of hydrogen-bond donors (Lipinski definition) is 1. The van der Waals surface area contributed by atoms with Crippen molar-refractivity contribution in [2.75, 3.05) is 6.54 Å². The fourth-order valence-electron chi connectivity index (χ4n) is 1.98. The molecule has 0 aromatic carbocycles. The van der Waals surface area contributed by atoms with Crippen LogP contribution in [0.25, 0.3) is 11.5 Å². The van der Waals surface area contributed by atoms with E-state index in [2.05, 4.69) is 25.6 Å². The summed E-state index contributed by atoms with van der Waals surface area (Å²) in [7, 11) is 0. The molecule has 0 unspecified atom stereocenters. The summed E-state index contributed by atoms with van der Waals surface area (Å²) >= 11 is 0. The first-order valence-electron chi connectivity index (χ1n) is 7.13. The molecule has 0 spiro atoms. The largest absolute Gasteiger partial charge is 0.361 e. The number of pyridine rings is 1. The van der Waals surface area contributed by atoms with Gasteiger partial charge in [-0.25, -0.2) is 0 Å². The van der Waals surface area contributed by atoms with Gasteiger partial charge in [0.1, 0.15) is 11.5 Å². The van der Waals surface area contributed by atoms with Gasteiger partial charge in [0.25, 0.3) is 0 Å². The van der Waals surface area contributed by atoms with Gasteiger partial charge in [0.05, 0.1) is 12.1 Å². The van der Waals surface area contributed by atoms with E-state index in [0.717, 1.165) is 5.69 Å². The van der Waals surface area contributed by atoms with Crippen molar-refractivity contribution in [3.63, 3.8) is 0 Å². The van der Waals surface area contributed by atoms with E-state index in [1.54, 1.807) is 25.3 Å². The van der Waals surface area contributed by atoms with Crippen molar-refractivity contribution in [1.29, 1.82) is 0 Å². The number of carbonyl (C=O) groups excluding carboxylic acids is 1. The van der Waals surface area contributed by atoms with E-state index < -0.39 is 0 Å². The van der Waals surface area contributed by atoms with Crippen molar-refractivity contribution >= 4 is 5.91 Å². The van der Waals surface area contributed by atoms with Gasteiger partial charge in [-0.15, -0.1) is 0 Å². The van der Waals surface area contributed by atoms with Crippen molar-refractivity contribution in [2.24, 2.45) is 0 Å². The molecule has 0 aliphatic carbocycles. The molecule has 0 aliphatic heterocycles. The molecule has 3 heterocycles. The molecule has 8 heteroatoms. The maximum absolute atomic E-state index is 11.8. The van der Waals surface area contributed by atoms with Crippen LogP contribution in [-0.4, -0.2) is 32.7 Å². The number of carbonyl (C=O) groups is 1. The lowest BCUT2D eigenvalue weighted by Crippen LogP contribution is -2.27. The van der Waals surface area contributed by atoms with E-state index in [0.29, 0.717) is 36.1 Å². The fraction of sp³-hybridized carbons (Fsp3) is 0.267. The molecule has 0 aliphatic rings. The van der Waals surface area contributed by atoms with Crippen LogP contribution in [-0.2, 0) is 17.6 Å². The summed E-state index contributed by atoms with van der Waals surface area (Å²) in [4.78, 5) is 20.2. The molecular weight excluding hydrogens is 298 g/mol. The molecule has 0 saturated heterocycles. The molecule has 1 N–H and O–H groups in total. The minimum absolute atomic E-state index is 0.148. The highest BCUT2D eigenvalue weighted by atomic mass is 16.5. The number of hydrogen-bond acceptors (Lipinski definition) is 7. The Morgan fingerprint density at radius 1 is 1.26 bits per heavy atom. The highest BCUT2D eigenvalue weighted by Gasteiger charge is 2.11. The van der Waals surface area contributed by atoms with Crippen LogP contribution in [0.3, 0.4) is 0 Å². The van der Waals surface area contributed by atoms with Gasteiger partial charge in [-0.05, 0) is 19.1 Å². The first-order valence-corrected chi connectivity index (χ1v) is 7.13. The van der Waals surface area contributed by atoms with Crippen LogP contribution in [0.4, 0.5) is 0 Å². The lowest BCUT2D eigenvalue weighted by Gasteiger charge is -2.00. The molecule has 0 atom stereocenters. The van der Waals surface area contributed by atoms with Crippen LogP contribution >= 0.6 is 0 Å². The Morgan fingerprint density at radius 3 is 2.91 bits per heavy atom. The van der Waals surface area contributed by atoms with Crippen LogP contribution in [0.15, 0.2) is 39.5 Å². The average molecular weight is 313 g/mol. The Balaban J connectivity index is 1.47. The standard InChI is InChI=1S/C15H15N5O3/c1-10-8-11(22-19-10)9-13(21)17-7-5-14-18-15(20-23-14)12-4-2-3-6-16-12/h2-4,6,8H,5,7,9H2,1H3,(H,17,21). The van der Waals surface area contributed by atoms with Gasteiger partial charge in [-0.2, -0.15) is 4.98 Å². The fourth-order valence-corrected chi connectivity index (χ4v) is 1.98. The highest BCUT2D eigenvalue weighted by Crippen LogP contribution is 2.11. The van der Waals surface area contributed by atoms with Crippen LogP contribution in [0.2, 0.25) is 0 Å². The van der Waals surface area contributed by atoms with E-state index in [4.69, 9.17) is 9.05 Å². The van der Waals surface area contributed by atoms with Crippen molar-refractivity contribution in [1.82, 2.24) is 25.6 Å². The van der Waals surface area contributed by atoms with E-state index in [1.165, 1.54) is 0 Å². The molecule has 0 fully saturated rings. The monoisotopic (exact) mass is 313 g/mol. The average Bonchev–Trinajstić information content (AvgIpc) is 3.17. The Hall–Kier alpha value is -3.03. The molecular formula is C15H15N5O3. The lowest BCUT2D eigenvalue weighted by atomic mass is 10.3. The first kappa shape index (κ1) is 14.9. The third-order valence-electron chi connectivity index (χ3n) is 3.03. The molecule has 23 heavy (non-hydrogen) atoms. The van der Waals surface area contributed by atoms with Crippen LogP contribution in [0.5, 0.6) is 0 Å². The van der Waals surface area contributed by atoms with E-state index in [1.807, 2.05) is 12.1 Å². The Bertz CT molecular complexity index is 781. The predicted octanol–water partition coefficient (Wildman–Crippen LogP) is 1.33. The highest BCUT2D eigenvalue weighted by molar-refractivity contribution is 5.77. The maximum atomic E-state index is 11.8. The summed E-state index contributed by atoms with van der Waals surface area (Å²) in [5.41, 5.74) is 1.40. The number of aromatic nitrogens is 4.